The third-order valence-corrected chi connectivity index (χ3v) is 2.45. The zero-order chi connectivity index (χ0) is 12.2. The number of rotatable bonds is 5. The summed E-state index contributed by atoms with van der Waals surface area (Å²) in [6.45, 7) is 6.09. The van der Waals surface area contributed by atoms with Crippen molar-refractivity contribution in [3.05, 3.63) is 24.0 Å². The highest BCUT2D eigenvalue weighted by molar-refractivity contribution is 5.29. The topological polar surface area (TPSA) is 51.6 Å². The van der Waals surface area contributed by atoms with Crippen LogP contribution in [0, 0.1) is 0 Å². The van der Waals surface area contributed by atoms with Crippen molar-refractivity contribution in [2.45, 2.75) is 32.5 Å². The lowest BCUT2D eigenvalue weighted by atomic mass is 9.97. The van der Waals surface area contributed by atoms with E-state index in [1.807, 2.05) is 20.8 Å². The standard InChI is InChI=1S/C12H19NO3/c1-5-16-12(2,3)11(14)10-9(15-4)7-6-8-13-10/h6-8,11,14H,5H2,1-4H3. The lowest BCUT2D eigenvalue weighted by Gasteiger charge is -2.30. The van der Waals surface area contributed by atoms with Crippen LogP contribution in [0.3, 0.4) is 0 Å². The van der Waals surface area contributed by atoms with Gasteiger partial charge >= 0.3 is 0 Å². The Labute approximate surface area is 96.2 Å². The summed E-state index contributed by atoms with van der Waals surface area (Å²) >= 11 is 0. The summed E-state index contributed by atoms with van der Waals surface area (Å²) < 4.78 is 10.7. The first kappa shape index (κ1) is 12.9. The molecule has 1 atom stereocenters. The first-order valence-corrected chi connectivity index (χ1v) is 5.33. The normalized spacial score (nSPS) is 13.6. The third kappa shape index (κ3) is 2.71. The molecule has 0 saturated carbocycles. The van der Waals surface area contributed by atoms with Gasteiger partial charge < -0.3 is 14.6 Å². The van der Waals surface area contributed by atoms with Crippen molar-refractivity contribution in [3.8, 4) is 5.75 Å². The molecule has 0 aliphatic carbocycles. The number of aliphatic hydroxyl groups is 1. The van der Waals surface area contributed by atoms with Gasteiger partial charge in [0.05, 0.1) is 12.7 Å². The van der Waals surface area contributed by atoms with Gasteiger partial charge in [-0.1, -0.05) is 0 Å². The van der Waals surface area contributed by atoms with Crippen molar-refractivity contribution in [2.75, 3.05) is 13.7 Å². The van der Waals surface area contributed by atoms with Gasteiger partial charge in [-0.3, -0.25) is 4.98 Å². The highest BCUT2D eigenvalue weighted by atomic mass is 16.5. The van der Waals surface area contributed by atoms with Gasteiger partial charge in [0.1, 0.15) is 17.5 Å². The number of methoxy groups -OCH3 is 1. The Balaban J connectivity index is 2.99. The van der Waals surface area contributed by atoms with Gasteiger partial charge in [-0.2, -0.15) is 0 Å². The lowest BCUT2D eigenvalue weighted by Crippen LogP contribution is -2.33. The molecule has 16 heavy (non-hydrogen) atoms. The summed E-state index contributed by atoms with van der Waals surface area (Å²) in [5, 5.41) is 10.2. The minimum Gasteiger partial charge on any atom is -0.495 e. The lowest BCUT2D eigenvalue weighted by molar-refractivity contribution is -0.100. The fourth-order valence-corrected chi connectivity index (χ4v) is 1.56. The quantitative estimate of drug-likeness (QED) is 0.832. The number of hydrogen-bond donors (Lipinski definition) is 1. The van der Waals surface area contributed by atoms with Gasteiger partial charge in [-0.25, -0.2) is 0 Å². The summed E-state index contributed by atoms with van der Waals surface area (Å²) in [6, 6.07) is 3.54. The van der Waals surface area contributed by atoms with E-state index in [0.29, 0.717) is 18.1 Å². The molecule has 0 spiro atoms. The molecule has 0 radical (unpaired) electrons. The second kappa shape index (κ2) is 5.27. The maximum absolute atomic E-state index is 10.2. The second-order valence-corrected chi connectivity index (χ2v) is 4.03. The SMILES string of the molecule is CCOC(C)(C)C(O)c1ncccc1OC. The van der Waals surface area contributed by atoms with Gasteiger partial charge in [-0.05, 0) is 32.9 Å². The maximum Gasteiger partial charge on any atom is 0.143 e. The molecule has 4 nitrogen and oxygen atoms in total. The van der Waals surface area contributed by atoms with Crippen molar-refractivity contribution < 1.29 is 14.6 Å². The van der Waals surface area contributed by atoms with E-state index in [2.05, 4.69) is 4.98 Å². The Bertz CT molecular complexity index is 339. The van der Waals surface area contributed by atoms with E-state index in [1.165, 1.54) is 0 Å². The van der Waals surface area contributed by atoms with Crippen molar-refractivity contribution in [1.29, 1.82) is 0 Å². The number of pyridine rings is 1. The minimum absolute atomic E-state index is 0.503. The first-order chi connectivity index (χ1) is 7.53. The molecule has 1 N–H and O–H groups in total. The van der Waals surface area contributed by atoms with Gasteiger partial charge in [0, 0.05) is 12.8 Å². The van der Waals surface area contributed by atoms with Crippen LogP contribution >= 0.6 is 0 Å². The molecular formula is C12H19NO3. The third-order valence-electron chi connectivity index (χ3n) is 2.45. The van der Waals surface area contributed by atoms with Gasteiger partial charge in [0.2, 0.25) is 0 Å². The van der Waals surface area contributed by atoms with E-state index >= 15 is 0 Å². The first-order valence-electron chi connectivity index (χ1n) is 5.33. The van der Waals surface area contributed by atoms with E-state index < -0.39 is 11.7 Å². The van der Waals surface area contributed by atoms with Gasteiger partial charge in [0.25, 0.3) is 0 Å². The van der Waals surface area contributed by atoms with Crippen molar-refractivity contribution in [3.63, 3.8) is 0 Å². The van der Waals surface area contributed by atoms with Crippen LogP contribution in [0.4, 0.5) is 0 Å². The highest BCUT2D eigenvalue weighted by Gasteiger charge is 2.32. The molecule has 1 rings (SSSR count). The summed E-state index contributed by atoms with van der Waals surface area (Å²) in [6.07, 6.45) is 0.812. The molecule has 0 aromatic carbocycles. The Kier molecular flexibility index (Phi) is 4.26. The number of ether oxygens (including phenoxy) is 2. The van der Waals surface area contributed by atoms with Crippen LogP contribution in [-0.2, 0) is 4.74 Å². The van der Waals surface area contributed by atoms with Crippen LogP contribution in [0.25, 0.3) is 0 Å². The van der Waals surface area contributed by atoms with Crippen LogP contribution in [0.2, 0.25) is 0 Å². The molecule has 1 heterocycles. The summed E-state index contributed by atoms with van der Waals surface area (Å²) in [5.41, 5.74) is -0.181. The Morgan fingerprint density at radius 3 is 2.75 bits per heavy atom. The molecule has 0 aliphatic rings. The molecule has 0 aliphatic heterocycles. The Hall–Kier alpha value is -1.13. The van der Waals surface area contributed by atoms with Gasteiger partial charge in [-0.15, -0.1) is 0 Å². The van der Waals surface area contributed by atoms with Crippen molar-refractivity contribution >= 4 is 0 Å². The average molecular weight is 225 g/mol. The molecular weight excluding hydrogens is 206 g/mol. The zero-order valence-corrected chi connectivity index (χ0v) is 10.2. The number of hydrogen-bond acceptors (Lipinski definition) is 4. The Morgan fingerprint density at radius 1 is 1.50 bits per heavy atom. The van der Waals surface area contributed by atoms with Crippen molar-refractivity contribution in [2.24, 2.45) is 0 Å². The molecule has 0 fully saturated rings. The summed E-state index contributed by atoms with van der Waals surface area (Å²) in [4.78, 5) is 4.14. The van der Waals surface area contributed by atoms with E-state index in [4.69, 9.17) is 9.47 Å². The average Bonchev–Trinajstić information content (AvgIpc) is 2.28. The van der Waals surface area contributed by atoms with E-state index in [0.717, 1.165) is 0 Å². The van der Waals surface area contributed by atoms with Crippen molar-refractivity contribution in [1.82, 2.24) is 4.98 Å². The predicted molar refractivity (Wildman–Crippen MR) is 61.5 cm³/mol. The number of aromatic nitrogens is 1. The fourth-order valence-electron chi connectivity index (χ4n) is 1.56. The number of aliphatic hydroxyl groups excluding tert-OH is 1. The molecule has 1 unspecified atom stereocenters. The molecule has 0 bridgehead atoms. The molecule has 90 valence electrons. The van der Waals surface area contributed by atoms with Crippen LogP contribution < -0.4 is 4.74 Å². The highest BCUT2D eigenvalue weighted by Crippen LogP contribution is 2.32. The van der Waals surface area contributed by atoms with Crippen LogP contribution in [-0.4, -0.2) is 29.4 Å². The molecule has 0 amide bonds. The largest absolute Gasteiger partial charge is 0.495 e. The molecule has 4 heteroatoms. The molecule has 1 aromatic rings. The van der Waals surface area contributed by atoms with Gasteiger partial charge in [0.15, 0.2) is 0 Å². The summed E-state index contributed by atoms with van der Waals surface area (Å²) in [5.74, 6) is 0.572. The van der Waals surface area contributed by atoms with Crippen LogP contribution in [0.5, 0.6) is 5.75 Å². The molecule has 0 saturated heterocycles. The smallest absolute Gasteiger partial charge is 0.143 e. The molecule has 1 aromatic heterocycles. The predicted octanol–water partition coefficient (Wildman–Crippen LogP) is 1.94. The maximum atomic E-state index is 10.2. The van der Waals surface area contributed by atoms with E-state index in [1.54, 1.807) is 25.4 Å². The van der Waals surface area contributed by atoms with Crippen LogP contribution in [0.15, 0.2) is 18.3 Å². The van der Waals surface area contributed by atoms with Crippen LogP contribution in [0.1, 0.15) is 32.6 Å². The fraction of sp³-hybridized carbons (Fsp3) is 0.583. The monoisotopic (exact) mass is 225 g/mol. The zero-order valence-electron chi connectivity index (χ0n) is 10.2. The van der Waals surface area contributed by atoms with E-state index in [-0.39, 0.29) is 0 Å². The Morgan fingerprint density at radius 2 is 2.19 bits per heavy atom. The summed E-state index contributed by atoms with van der Waals surface area (Å²) in [7, 11) is 1.56. The number of nitrogens with zero attached hydrogens (tertiary/aromatic N) is 1. The minimum atomic E-state index is -0.816. The second-order valence-electron chi connectivity index (χ2n) is 4.03. The van der Waals surface area contributed by atoms with E-state index in [9.17, 15) is 5.11 Å².